The Balaban J connectivity index is 1.84. The van der Waals surface area contributed by atoms with Crippen molar-refractivity contribution in [3.8, 4) is 23.8 Å². The molecule has 1 aromatic carbocycles. The summed E-state index contributed by atoms with van der Waals surface area (Å²) in [5.74, 6) is 4.93. The standard InChI is InChI=1S/C14H16O2/c1-3-11-9-14(10-11)16-13-7-5-12(6-8-13)15-4-2/h1,5-8,11,14H,4,9-10H2,2H3/t11-,14-. The molecule has 1 fully saturated rings. The normalized spacial score (nSPS) is 23.0. The molecule has 2 heteroatoms. The predicted octanol–water partition coefficient (Wildman–Crippen LogP) is 2.88. The highest BCUT2D eigenvalue weighted by Gasteiger charge is 2.29. The molecule has 0 saturated heterocycles. The number of terminal acetylenes is 1. The van der Waals surface area contributed by atoms with Crippen molar-refractivity contribution in [2.75, 3.05) is 6.61 Å². The van der Waals surface area contributed by atoms with Gasteiger partial charge in [0.2, 0.25) is 0 Å². The second kappa shape index (κ2) is 4.94. The second-order valence-corrected chi connectivity index (χ2v) is 3.98. The molecule has 1 saturated carbocycles. The maximum Gasteiger partial charge on any atom is 0.119 e. The first kappa shape index (κ1) is 10.9. The molecule has 0 bridgehead atoms. The molecule has 0 radical (unpaired) electrons. The topological polar surface area (TPSA) is 18.5 Å². The fourth-order valence-corrected chi connectivity index (χ4v) is 1.77. The van der Waals surface area contributed by atoms with Gasteiger partial charge < -0.3 is 9.47 Å². The van der Waals surface area contributed by atoms with Crippen molar-refractivity contribution in [3.05, 3.63) is 24.3 Å². The van der Waals surface area contributed by atoms with E-state index in [0.717, 1.165) is 24.3 Å². The molecule has 2 rings (SSSR count). The van der Waals surface area contributed by atoms with Crippen LogP contribution >= 0.6 is 0 Å². The third-order valence-electron chi connectivity index (χ3n) is 2.77. The minimum Gasteiger partial charge on any atom is -0.494 e. The van der Waals surface area contributed by atoms with E-state index in [4.69, 9.17) is 15.9 Å². The van der Waals surface area contributed by atoms with E-state index in [1.54, 1.807) is 0 Å². The first-order valence-electron chi connectivity index (χ1n) is 5.67. The Morgan fingerprint density at radius 3 is 2.44 bits per heavy atom. The summed E-state index contributed by atoms with van der Waals surface area (Å²) in [4.78, 5) is 0. The van der Waals surface area contributed by atoms with E-state index in [0.29, 0.717) is 18.6 Å². The SMILES string of the molecule is C#C[C@H]1C[C@H](Oc2ccc(OCC)cc2)C1. The zero-order valence-corrected chi connectivity index (χ0v) is 9.48. The van der Waals surface area contributed by atoms with Crippen molar-refractivity contribution < 1.29 is 9.47 Å². The van der Waals surface area contributed by atoms with Gasteiger partial charge in [-0.15, -0.1) is 12.3 Å². The van der Waals surface area contributed by atoms with Gasteiger partial charge in [0.1, 0.15) is 17.6 Å². The molecular weight excluding hydrogens is 200 g/mol. The van der Waals surface area contributed by atoms with Gasteiger partial charge in [-0.3, -0.25) is 0 Å². The summed E-state index contributed by atoms with van der Waals surface area (Å²) in [6.07, 6.45) is 7.56. The van der Waals surface area contributed by atoms with E-state index in [1.165, 1.54) is 0 Å². The Kier molecular flexibility index (Phi) is 3.36. The number of hydrogen-bond donors (Lipinski definition) is 0. The minimum absolute atomic E-state index is 0.291. The number of hydrogen-bond acceptors (Lipinski definition) is 2. The summed E-state index contributed by atoms with van der Waals surface area (Å²) in [7, 11) is 0. The van der Waals surface area contributed by atoms with Crippen LogP contribution in [0, 0.1) is 18.3 Å². The quantitative estimate of drug-likeness (QED) is 0.720. The van der Waals surface area contributed by atoms with Crippen LogP contribution in [0.3, 0.4) is 0 Å². The fraction of sp³-hybridized carbons (Fsp3) is 0.429. The highest BCUT2D eigenvalue weighted by Crippen LogP contribution is 2.31. The van der Waals surface area contributed by atoms with Crippen LogP contribution in [0.25, 0.3) is 0 Å². The molecule has 1 aliphatic carbocycles. The van der Waals surface area contributed by atoms with E-state index in [-0.39, 0.29) is 0 Å². The van der Waals surface area contributed by atoms with Gasteiger partial charge in [0.05, 0.1) is 6.61 Å². The molecule has 1 aliphatic rings. The van der Waals surface area contributed by atoms with Crippen LogP contribution in [-0.4, -0.2) is 12.7 Å². The Hall–Kier alpha value is -1.62. The van der Waals surface area contributed by atoms with Crippen LogP contribution < -0.4 is 9.47 Å². The highest BCUT2D eigenvalue weighted by molar-refractivity contribution is 5.31. The molecule has 2 nitrogen and oxygen atoms in total. The molecule has 84 valence electrons. The monoisotopic (exact) mass is 216 g/mol. The average Bonchev–Trinajstić information content (AvgIpc) is 2.25. The van der Waals surface area contributed by atoms with Crippen molar-refractivity contribution in [1.82, 2.24) is 0 Å². The van der Waals surface area contributed by atoms with E-state index in [9.17, 15) is 0 Å². The van der Waals surface area contributed by atoms with Crippen LogP contribution in [0.4, 0.5) is 0 Å². The highest BCUT2D eigenvalue weighted by atomic mass is 16.5. The maximum atomic E-state index is 5.76. The molecule has 0 amide bonds. The minimum atomic E-state index is 0.291. The van der Waals surface area contributed by atoms with Gasteiger partial charge in [0.15, 0.2) is 0 Å². The fourth-order valence-electron chi connectivity index (χ4n) is 1.77. The molecule has 0 aliphatic heterocycles. The van der Waals surface area contributed by atoms with E-state index < -0.39 is 0 Å². The molecule has 0 N–H and O–H groups in total. The lowest BCUT2D eigenvalue weighted by Gasteiger charge is -2.32. The Morgan fingerprint density at radius 2 is 1.88 bits per heavy atom. The lowest BCUT2D eigenvalue weighted by molar-refractivity contribution is 0.0902. The molecule has 0 aromatic heterocycles. The van der Waals surface area contributed by atoms with Crippen molar-refractivity contribution in [1.29, 1.82) is 0 Å². The Labute approximate surface area is 96.6 Å². The first-order valence-corrected chi connectivity index (χ1v) is 5.67. The average molecular weight is 216 g/mol. The molecule has 0 spiro atoms. The van der Waals surface area contributed by atoms with Crippen LogP contribution in [0.1, 0.15) is 19.8 Å². The largest absolute Gasteiger partial charge is 0.494 e. The third-order valence-corrected chi connectivity index (χ3v) is 2.77. The van der Waals surface area contributed by atoms with Gasteiger partial charge >= 0.3 is 0 Å². The van der Waals surface area contributed by atoms with E-state index >= 15 is 0 Å². The molecule has 16 heavy (non-hydrogen) atoms. The van der Waals surface area contributed by atoms with Crippen molar-refractivity contribution in [3.63, 3.8) is 0 Å². The Bertz CT molecular complexity index is 369. The molecule has 0 unspecified atom stereocenters. The summed E-state index contributed by atoms with van der Waals surface area (Å²) in [5, 5.41) is 0. The van der Waals surface area contributed by atoms with Gasteiger partial charge in [-0.2, -0.15) is 0 Å². The number of benzene rings is 1. The first-order chi connectivity index (χ1) is 7.81. The summed E-state index contributed by atoms with van der Waals surface area (Å²) in [6.45, 7) is 2.66. The van der Waals surface area contributed by atoms with Crippen molar-refractivity contribution in [2.24, 2.45) is 5.92 Å². The second-order valence-electron chi connectivity index (χ2n) is 3.98. The summed E-state index contributed by atoms with van der Waals surface area (Å²) in [5.41, 5.74) is 0. The van der Waals surface area contributed by atoms with Crippen LogP contribution in [-0.2, 0) is 0 Å². The zero-order chi connectivity index (χ0) is 11.4. The van der Waals surface area contributed by atoms with Crippen molar-refractivity contribution in [2.45, 2.75) is 25.9 Å². The summed E-state index contributed by atoms with van der Waals surface area (Å²) < 4.78 is 11.1. The summed E-state index contributed by atoms with van der Waals surface area (Å²) in [6, 6.07) is 7.73. The van der Waals surface area contributed by atoms with Crippen molar-refractivity contribution >= 4 is 0 Å². The number of rotatable bonds is 4. The lowest BCUT2D eigenvalue weighted by Crippen LogP contribution is -2.32. The Morgan fingerprint density at radius 1 is 1.25 bits per heavy atom. The van der Waals surface area contributed by atoms with Gasteiger partial charge in [-0.05, 0) is 44.0 Å². The van der Waals surface area contributed by atoms with Gasteiger partial charge in [0, 0.05) is 5.92 Å². The number of ether oxygens (including phenoxy) is 2. The maximum absolute atomic E-state index is 5.76. The lowest BCUT2D eigenvalue weighted by atomic mass is 9.83. The molecule has 0 atom stereocenters. The van der Waals surface area contributed by atoms with Gasteiger partial charge in [-0.1, -0.05) is 0 Å². The van der Waals surface area contributed by atoms with Gasteiger partial charge in [0.25, 0.3) is 0 Å². The zero-order valence-electron chi connectivity index (χ0n) is 9.48. The third kappa shape index (κ3) is 2.49. The van der Waals surface area contributed by atoms with Crippen LogP contribution in [0.15, 0.2) is 24.3 Å². The van der Waals surface area contributed by atoms with Crippen LogP contribution in [0.2, 0.25) is 0 Å². The van der Waals surface area contributed by atoms with E-state index in [1.807, 2.05) is 31.2 Å². The molecule has 1 aromatic rings. The predicted molar refractivity (Wildman–Crippen MR) is 63.6 cm³/mol. The summed E-state index contributed by atoms with van der Waals surface area (Å²) >= 11 is 0. The van der Waals surface area contributed by atoms with Gasteiger partial charge in [-0.25, -0.2) is 0 Å². The smallest absolute Gasteiger partial charge is 0.119 e. The molecule has 0 heterocycles. The van der Waals surface area contributed by atoms with E-state index in [2.05, 4.69) is 5.92 Å². The molecular formula is C14H16O2. The van der Waals surface area contributed by atoms with Crippen LogP contribution in [0.5, 0.6) is 11.5 Å².